The summed E-state index contributed by atoms with van der Waals surface area (Å²) >= 11 is 0. The third-order valence-corrected chi connectivity index (χ3v) is 2.71. The molecule has 14 heavy (non-hydrogen) atoms. The molecule has 0 radical (unpaired) electrons. The van der Waals surface area contributed by atoms with Gasteiger partial charge in [-0.25, -0.2) is 0 Å². The van der Waals surface area contributed by atoms with Gasteiger partial charge in [0.15, 0.2) is 0 Å². The molecule has 0 unspecified atom stereocenters. The minimum Gasteiger partial charge on any atom is -0.359 e. The van der Waals surface area contributed by atoms with Crippen molar-refractivity contribution in [3.8, 4) is 0 Å². The highest BCUT2D eigenvalue weighted by Gasteiger charge is 2.41. The van der Waals surface area contributed by atoms with Crippen LogP contribution >= 0.6 is 0 Å². The third-order valence-electron chi connectivity index (χ3n) is 2.71. The van der Waals surface area contributed by atoms with Crippen LogP contribution in [0.3, 0.4) is 0 Å². The van der Waals surface area contributed by atoms with E-state index in [9.17, 15) is 0 Å². The highest BCUT2D eigenvalue weighted by molar-refractivity contribution is 5.24. The minimum atomic E-state index is -0.183. The van der Waals surface area contributed by atoms with E-state index in [1.807, 2.05) is 0 Å². The van der Waals surface area contributed by atoms with Crippen LogP contribution in [0.5, 0.6) is 0 Å². The van der Waals surface area contributed by atoms with Crippen molar-refractivity contribution >= 4 is 0 Å². The summed E-state index contributed by atoms with van der Waals surface area (Å²) in [6.07, 6.45) is 2.21. The fourth-order valence-electron chi connectivity index (χ4n) is 2.32. The Morgan fingerprint density at radius 2 is 2.00 bits per heavy atom. The molecule has 1 fully saturated rings. The van der Waals surface area contributed by atoms with Gasteiger partial charge in [0.25, 0.3) is 0 Å². The fourth-order valence-corrected chi connectivity index (χ4v) is 2.32. The van der Waals surface area contributed by atoms with E-state index in [1.54, 1.807) is 0 Å². The smallest absolute Gasteiger partial charge is 0.118 e. The Morgan fingerprint density at radius 1 is 1.29 bits per heavy atom. The van der Waals surface area contributed by atoms with Crippen LogP contribution in [0.25, 0.3) is 0 Å². The predicted octanol–water partition coefficient (Wildman–Crippen LogP) is 1.75. The second kappa shape index (κ2) is 2.97. The van der Waals surface area contributed by atoms with Crippen molar-refractivity contribution in [2.45, 2.75) is 38.9 Å². The Kier molecular flexibility index (Phi) is 2.12. The lowest BCUT2D eigenvalue weighted by Gasteiger charge is -2.30. The van der Waals surface area contributed by atoms with Crippen LogP contribution in [0, 0.1) is 0 Å². The maximum absolute atomic E-state index is 5.97. The van der Waals surface area contributed by atoms with Crippen LogP contribution in [0.1, 0.15) is 27.7 Å². The van der Waals surface area contributed by atoms with E-state index in [4.69, 9.17) is 9.47 Å². The molecule has 2 heterocycles. The molecule has 3 nitrogen and oxygen atoms in total. The number of nitrogens with zero attached hydrogens (tertiary/aromatic N) is 1. The molecule has 0 aromatic heterocycles. The summed E-state index contributed by atoms with van der Waals surface area (Å²) in [5.41, 5.74) is 0.929. The molecule has 0 spiro atoms. The topological polar surface area (TPSA) is 21.7 Å². The van der Waals surface area contributed by atoms with Crippen LogP contribution < -0.4 is 0 Å². The van der Waals surface area contributed by atoms with Gasteiger partial charge in [0.2, 0.25) is 0 Å². The lowest BCUT2D eigenvalue weighted by molar-refractivity contribution is -0.0617. The van der Waals surface area contributed by atoms with Crippen LogP contribution in [0.15, 0.2) is 11.8 Å². The Hall–Kier alpha value is -0.540. The molecule has 0 N–H and O–H groups in total. The first-order valence-electron chi connectivity index (χ1n) is 5.17. The molecule has 0 aliphatic carbocycles. The average molecular weight is 197 g/mol. The Bertz CT molecular complexity index is 262. The summed E-state index contributed by atoms with van der Waals surface area (Å²) in [5, 5.41) is 0. The Labute approximate surface area is 85.7 Å². The molecule has 0 aromatic rings. The van der Waals surface area contributed by atoms with E-state index in [1.165, 1.54) is 5.70 Å². The van der Waals surface area contributed by atoms with E-state index < -0.39 is 0 Å². The Morgan fingerprint density at radius 3 is 2.43 bits per heavy atom. The third kappa shape index (κ3) is 1.66. The summed E-state index contributed by atoms with van der Waals surface area (Å²) in [4.78, 5) is 2.26. The van der Waals surface area contributed by atoms with Crippen molar-refractivity contribution in [3.63, 3.8) is 0 Å². The van der Waals surface area contributed by atoms with Crippen LogP contribution in [0.4, 0.5) is 0 Å². The van der Waals surface area contributed by atoms with Crippen molar-refractivity contribution in [3.05, 3.63) is 11.8 Å². The van der Waals surface area contributed by atoms with Crippen molar-refractivity contribution in [2.24, 2.45) is 0 Å². The van der Waals surface area contributed by atoms with E-state index in [0.29, 0.717) is 6.73 Å². The lowest BCUT2D eigenvalue weighted by atomic mass is 10.0. The second-order valence-electron chi connectivity index (χ2n) is 5.05. The number of rotatable bonds is 1. The maximum atomic E-state index is 5.97. The van der Waals surface area contributed by atoms with Crippen molar-refractivity contribution in [1.29, 1.82) is 0 Å². The Balaban J connectivity index is 2.23. The maximum Gasteiger partial charge on any atom is 0.118 e. The normalized spacial score (nSPS) is 29.4. The summed E-state index contributed by atoms with van der Waals surface area (Å²) in [6, 6.07) is 0. The van der Waals surface area contributed by atoms with Crippen molar-refractivity contribution < 1.29 is 9.47 Å². The van der Waals surface area contributed by atoms with Gasteiger partial charge in [-0.3, -0.25) is 0 Å². The van der Waals surface area contributed by atoms with Crippen LogP contribution in [-0.2, 0) is 9.47 Å². The fraction of sp³-hybridized carbons (Fsp3) is 0.818. The number of hydrogen-bond donors (Lipinski definition) is 0. The molecule has 0 amide bonds. The van der Waals surface area contributed by atoms with Crippen LogP contribution in [-0.4, -0.2) is 36.0 Å². The first-order chi connectivity index (χ1) is 6.41. The van der Waals surface area contributed by atoms with Gasteiger partial charge in [-0.1, -0.05) is 0 Å². The molecule has 2 rings (SSSR count). The van der Waals surface area contributed by atoms with Gasteiger partial charge in [-0.2, -0.15) is 0 Å². The van der Waals surface area contributed by atoms with Gasteiger partial charge in [0, 0.05) is 12.2 Å². The molecule has 0 saturated carbocycles. The second-order valence-corrected chi connectivity index (χ2v) is 5.05. The van der Waals surface area contributed by atoms with E-state index in [2.05, 4.69) is 38.7 Å². The van der Waals surface area contributed by atoms with Gasteiger partial charge < -0.3 is 14.4 Å². The average Bonchev–Trinajstić information content (AvgIpc) is 2.54. The van der Waals surface area contributed by atoms with Gasteiger partial charge >= 0.3 is 0 Å². The van der Waals surface area contributed by atoms with Gasteiger partial charge in [0.1, 0.15) is 12.3 Å². The monoisotopic (exact) mass is 197 g/mol. The molecular weight excluding hydrogens is 178 g/mol. The summed E-state index contributed by atoms with van der Waals surface area (Å²) in [6.45, 7) is 10.9. The zero-order valence-corrected chi connectivity index (χ0v) is 9.46. The molecule has 0 aromatic carbocycles. The van der Waals surface area contributed by atoms with Gasteiger partial charge in [-0.15, -0.1) is 0 Å². The number of hydrogen-bond acceptors (Lipinski definition) is 3. The predicted molar refractivity (Wildman–Crippen MR) is 54.9 cm³/mol. The molecule has 0 bridgehead atoms. The van der Waals surface area contributed by atoms with Crippen molar-refractivity contribution in [2.75, 3.05) is 19.9 Å². The van der Waals surface area contributed by atoms with E-state index >= 15 is 0 Å². The minimum absolute atomic E-state index is 0.151. The lowest BCUT2D eigenvalue weighted by Crippen LogP contribution is -2.35. The molecule has 3 heteroatoms. The van der Waals surface area contributed by atoms with Crippen LogP contribution in [0.2, 0.25) is 0 Å². The zero-order valence-electron chi connectivity index (χ0n) is 9.46. The summed E-state index contributed by atoms with van der Waals surface area (Å²) in [5.74, 6) is 0. The molecule has 2 aliphatic rings. The first kappa shape index (κ1) is 9.99. The quantitative estimate of drug-likeness (QED) is 0.639. The first-order valence-corrected chi connectivity index (χ1v) is 5.17. The molecule has 2 aliphatic heterocycles. The van der Waals surface area contributed by atoms with Gasteiger partial charge in [-0.05, 0) is 33.8 Å². The molecular formula is C11H19NO2. The van der Waals surface area contributed by atoms with E-state index in [-0.39, 0.29) is 11.2 Å². The molecule has 80 valence electrons. The summed E-state index contributed by atoms with van der Waals surface area (Å²) in [7, 11) is 0. The molecule has 0 atom stereocenters. The highest BCUT2D eigenvalue weighted by atomic mass is 16.5. The largest absolute Gasteiger partial charge is 0.359 e. The number of ether oxygens (including phenoxy) is 2. The molecule has 1 saturated heterocycles. The SMILES string of the molecule is CC1(C)C=C(N2CCOC2)C(C)(C)O1. The standard InChI is InChI=1S/C11H19NO2/c1-10(2)7-9(11(3,4)14-10)12-5-6-13-8-12/h7H,5-6,8H2,1-4H3. The van der Waals surface area contributed by atoms with Crippen molar-refractivity contribution in [1.82, 2.24) is 4.90 Å². The summed E-state index contributed by atoms with van der Waals surface area (Å²) < 4.78 is 11.3. The highest BCUT2D eigenvalue weighted by Crippen LogP contribution is 2.38. The zero-order chi connectivity index (χ0) is 10.4. The van der Waals surface area contributed by atoms with E-state index in [0.717, 1.165) is 13.2 Å². The van der Waals surface area contributed by atoms with Gasteiger partial charge in [0.05, 0.1) is 12.2 Å².